The number of aliphatic hydroxyl groups excluding tert-OH is 2. The predicted octanol–water partition coefficient (Wildman–Crippen LogP) is 5.64. The van der Waals surface area contributed by atoms with Gasteiger partial charge in [0.2, 0.25) is 0 Å². The SMILES string of the molecule is CC(C)(O)CCC[C@@H](CCC(=O)C(C)(C)O)C1CCC2/C(=C/C=C3CC(O)C[C@H](O)C3)CCC[C@@]21C. The van der Waals surface area contributed by atoms with Gasteiger partial charge in [0, 0.05) is 6.42 Å². The van der Waals surface area contributed by atoms with Crippen LogP contribution < -0.4 is 0 Å². The Labute approximate surface area is 219 Å². The first-order valence-corrected chi connectivity index (χ1v) is 14.4. The molecule has 0 aromatic heterocycles. The highest BCUT2D eigenvalue weighted by molar-refractivity contribution is 5.86. The number of carbonyl (C=O) groups excluding carboxylic acids is 1. The molecular weight excluding hydrogens is 452 g/mol. The van der Waals surface area contributed by atoms with Crippen LogP contribution in [0.4, 0.5) is 0 Å². The van der Waals surface area contributed by atoms with Crippen LogP contribution in [0.25, 0.3) is 0 Å². The monoisotopic (exact) mass is 504 g/mol. The number of allylic oxidation sites excluding steroid dienone is 3. The minimum atomic E-state index is -1.28. The van der Waals surface area contributed by atoms with Gasteiger partial charge in [0.05, 0.1) is 17.8 Å². The van der Waals surface area contributed by atoms with Crippen molar-refractivity contribution in [3.63, 3.8) is 0 Å². The molecule has 3 aliphatic rings. The van der Waals surface area contributed by atoms with Crippen LogP contribution in [-0.4, -0.2) is 49.6 Å². The van der Waals surface area contributed by atoms with E-state index in [-0.39, 0.29) is 11.2 Å². The molecule has 36 heavy (non-hydrogen) atoms. The molecule has 0 radical (unpaired) electrons. The van der Waals surface area contributed by atoms with Gasteiger partial charge in [0.1, 0.15) is 5.60 Å². The summed E-state index contributed by atoms with van der Waals surface area (Å²) in [6.45, 7) is 9.36. The van der Waals surface area contributed by atoms with Crippen LogP contribution >= 0.6 is 0 Å². The van der Waals surface area contributed by atoms with E-state index in [9.17, 15) is 25.2 Å². The lowest BCUT2D eigenvalue weighted by atomic mass is 9.60. The number of hydrogen-bond acceptors (Lipinski definition) is 5. The quantitative estimate of drug-likeness (QED) is 0.309. The topological polar surface area (TPSA) is 98.0 Å². The van der Waals surface area contributed by atoms with Gasteiger partial charge in [-0.25, -0.2) is 0 Å². The lowest BCUT2D eigenvalue weighted by molar-refractivity contribution is -0.134. The van der Waals surface area contributed by atoms with Gasteiger partial charge in [-0.05, 0) is 115 Å². The van der Waals surface area contributed by atoms with Crippen LogP contribution in [0.1, 0.15) is 118 Å². The molecule has 206 valence electrons. The molecule has 3 aliphatic carbocycles. The largest absolute Gasteiger partial charge is 0.393 e. The Morgan fingerprint density at radius 1 is 1.06 bits per heavy atom. The Balaban J connectivity index is 1.76. The summed E-state index contributed by atoms with van der Waals surface area (Å²) >= 11 is 0. The molecule has 0 aliphatic heterocycles. The lowest BCUT2D eigenvalue weighted by Gasteiger charge is -2.45. The van der Waals surface area contributed by atoms with Crippen LogP contribution in [0, 0.1) is 23.2 Å². The fourth-order valence-corrected chi connectivity index (χ4v) is 7.55. The zero-order chi connectivity index (χ0) is 26.7. The maximum atomic E-state index is 12.6. The maximum absolute atomic E-state index is 12.6. The number of hydrogen-bond donors (Lipinski definition) is 4. The van der Waals surface area contributed by atoms with Crippen LogP contribution in [0.5, 0.6) is 0 Å². The molecule has 4 N–H and O–H groups in total. The first-order valence-electron chi connectivity index (χ1n) is 14.4. The molecule has 0 aromatic rings. The van der Waals surface area contributed by atoms with Crippen LogP contribution in [0.3, 0.4) is 0 Å². The van der Waals surface area contributed by atoms with E-state index in [1.54, 1.807) is 13.8 Å². The van der Waals surface area contributed by atoms with Crippen molar-refractivity contribution in [3.8, 4) is 0 Å². The summed E-state index contributed by atoms with van der Waals surface area (Å²) in [5.41, 5.74) is 0.894. The Bertz CT molecular complexity index is 802. The molecule has 0 heterocycles. The van der Waals surface area contributed by atoms with Crippen LogP contribution in [0.15, 0.2) is 23.3 Å². The van der Waals surface area contributed by atoms with Gasteiger partial charge in [-0.3, -0.25) is 4.79 Å². The molecule has 5 heteroatoms. The van der Waals surface area contributed by atoms with Crippen molar-refractivity contribution in [2.24, 2.45) is 23.2 Å². The third kappa shape index (κ3) is 7.75. The molecule has 0 amide bonds. The smallest absolute Gasteiger partial charge is 0.163 e. The second-order valence-corrected chi connectivity index (χ2v) is 13.6. The summed E-state index contributed by atoms with van der Waals surface area (Å²) in [6.07, 6.45) is 15.1. The van der Waals surface area contributed by atoms with Crippen molar-refractivity contribution in [2.75, 3.05) is 0 Å². The highest BCUT2D eigenvalue weighted by Gasteiger charge is 2.51. The summed E-state index contributed by atoms with van der Waals surface area (Å²) in [5.74, 6) is 1.40. The van der Waals surface area contributed by atoms with E-state index in [1.165, 1.54) is 24.8 Å². The summed E-state index contributed by atoms with van der Waals surface area (Å²) in [7, 11) is 0. The Kier molecular flexibility index (Phi) is 9.68. The molecule has 3 saturated carbocycles. The molecule has 0 spiro atoms. The third-order valence-electron chi connectivity index (χ3n) is 9.47. The minimum absolute atomic E-state index is 0.0811. The van der Waals surface area contributed by atoms with Gasteiger partial charge < -0.3 is 20.4 Å². The highest BCUT2D eigenvalue weighted by Crippen LogP contribution is 2.60. The Morgan fingerprint density at radius 3 is 2.33 bits per heavy atom. The van der Waals surface area contributed by atoms with Crippen molar-refractivity contribution in [3.05, 3.63) is 23.3 Å². The number of rotatable bonds is 10. The predicted molar refractivity (Wildman–Crippen MR) is 144 cm³/mol. The van der Waals surface area contributed by atoms with E-state index >= 15 is 0 Å². The molecule has 3 unspecified atom stereocenters. The summed E-state index contributed by atoms with van der Waals surface area (Å²) in [6, 6.07) is 0. The van der Waals surface area contributed by atoms with Gasteiger partial charge in [0.25, 0.3) is 0 Å². The fraction of sp³-hybridized carbons (Fsp3) is 0.839. The second kappa shape index (κ2) is 11.8. The summed E-state index contributed by atoms with van der Waals surface area (Å²) < 4.78 is 0. The van der Waals surface area contributed by atoms with Crippen molar-refractivity contribution in [1.82, 2.24) is 0 Å². The molecule has 3 rings (SSSR count). The highest BCUT2D eigenvalue weighted by atomic mass is 16.3. The maximum Gasteiger partial charge on any atom is 0.163 e. The number of carbonyl (C=O) groups is 1. The third-order valence-corrected chi connectivity index (χ3v) is 9.47. The first-order chi connectivity index (χ1) is 16.7. The minimum Gasteiger partial charge on any atom is -0.393 e. The average molecular weight is 505 g/mol. The number of aliphatic hydroxyl groups is 4. The van der Waals surface area contributed by atoms with Crippen LogP contribution in [0.2, 0.25) is 0 Å². The van der Waals surface area contributed by atoms with Crippen molar-refractivity contribution in [1.29, 1.82) is 0 Å². The van der Waals surface area contributed by atoms with Crippen molar-refractivity contribution in [2.45, 2.75) is 141 Å². The molecule has 3 fully saturated rings. The van der Waals surface area contributed by atoms with E-state index in [0.717, 1.165) is 44.1 Å². The van der Waals surface area contributed by atoms with Crippen molar-refractivity contribution < 1.29 is 25.2 Å². The van der Waals surface area contributed by atoms with Crippen molar-refractivity contribution >= 4 is 5.78 Å². The Morgan fingerprint density at radius 2 is 1.72 bits per heavy atom. The number of fused-ring (bicyclic) bond motifs is 1. The van der Waals surface area contributed by atoms with Gasteiger partial charge in [0.15, 0.2) is 5.78 Å². The molecular formula is C31H52O5. The van der Waals surface area contributed by atoms with Gasteiger partial charge in [-0.1, -0.05) is 43.1 Å². The Hall–Kier alpha value is -1.01. The average Bonchev–Trinajstić information content (AvgIpc) is 3.09. The summed E-state index contributed by atoms with van der Waals surface area (Å²) in [4.78, 5) is 12.6. The van der Waals surface area contributed by atoms with E-state index < -0.39 is 23.4 Å². The van der Waals surface area contributed by atoms with Crippen LogP contribution in [-0.2, 0) is 4.79 Å². The molecule has 5 nitrogen and oxygen atoms in total. The molecule has 0 aromatic carbocycles. The fourth-order valence-electron chi connectivity index (χ4n) is 7.55. The van der Waals surface area contributed by atoms with Gasteiger partial charge in [-0.2, -0.15) is 0 Å². The van der Waals surface area contributed by atoms with E-state index in [1.807, 2.05) is 13.8 Å². The van der Waals surface area contributed by atoms with Gasteiger partial charge in [-0.15, -0.1) is 0 Å². The molecule has 0 saturated heterocycles. The number of Topliss-reactive ketones (excluding diaryl/α,β-unsaturated/α-hetero) is 1. The van der Waals surface area contributed by atoms with E-state index in [4.69, 9.17) is 0 Å². The first kappa shape index (κ1) is 29.5. The zero-order valence-electron chi connectivity index (χ0n) is 23.4. The van der Waals surface area contributed by atoms with Gasteiger partial charge >= 0.3 is 0 Å². The standard InChI is InChI=1S/C31H52O5/c1-29(2,35)16-6-8-23(12-15-28(34)30(3,4)36)27-14-13-26-22(9-7-17-31(26,27)5)11-10-21-18-24(32)20-25(33)19-21/h10-11,23-27,32-33,35-36H,6-9,12-20H2,1-5H3/b21-10?,22-11+/t23-,24+,25?,26?,27?,31-/m0/s1. The normalized spacial score (nSPS) is 34.7. The number of ketones is 1. The lowest BCUT2D eigenvalue weighted by Crippen LogP contribution is -2.37. The van der Waals surface area contributed by atoms with E-state index in [0.29, 0.717) is 43.4 Å². The molecule has 6 atom stereocenters. The van der Waals surface area contributed by atoms with E-state index in [2.05, 4.69) is 19.1 Å². The second-order valence-electron chi connectivity index (χ2n) is 13.6. The zero-order valence-corrected chi connectivity index (χ0v) is 23.4. The summed E-state index contributed by atoms with van der Waals surface area (Å²) in [5, 5.41) is 40.6. The molecule has 0 bridgehead atoms.